The Morgan fingerprint density at radius 3 is 2.76 bits per heavy atom. The fraction of sp³-hybridized carbons (Fsp3) is 0.412. The van der Waals surface area contributed by atoms with E-state index in [1.165, 1.54) is 11.8 Å². The lowest BCUT2D eigenvalue weighted by molar-refractivity contribution is 0.102. The summed E-state index contributed by atoms with van der Waals surface area (Å²) in [6.45, 7) is 5.70. The SMILES string of the molecule is Cc1cc(-n2c(C)cc(C(=O)CSc3nnc(C4CC4)o3)c2C)no1. The number of ketones is 1. The Morgan fingerprint density at radius 1 is 1.28 bits per heavy atom. The number of thioether (sulfide) groups is 1. The number of hydrogen-bond acceptors (Lipinski definition) is 7. The number of Topliss-reactive ketones (excluding diaryl/α,β-unsaturated/α-hetero) is 1. The summed E-state index contributed by atoms with van der Waals surface area (Å²) in [6.07, 6.45) is 2.22. The molecule has 0 aliphatic heterocycles. The zero-order valence-corrected chi connectivity index (χ0v) is 15.1. The van der Waals surface area contributed by atoms with Crippen LogP contribution in [0.2, 0.25) is 0 Å². The average molecular weight is 358 g/mol. The molecule has 0 radical (unpaired) electrons. The second kappa shape index (κ2) is 6.18. The Kier molecular flexibility index (Phi) is 3.99. The van der Waals surface area contributed by atoms with Crippen molar-refractivity contribution < 1.29 is 13.7 Å². The van der Waals surface area contributed by atoms with Crippen LogP contribution in [0.1, 0.15) is 52.2 Å². The molecular weight excluding hydrogens is 340 g/mol. The number of rotatable bonds is 6. The molecule has 0 atom stereocenters. The lowest BCUT2D eigenvalue weighted by Crippen LogP contribution is -2.05. The number of nitrogens with zero attached hydrogens (tertiary/aromatic N) is 4. The average Bonchev–Trinajstić information content (AvgIpc) is 3.04. The minimum Gasteiger partial charge on any atom is -0.416 e. The van der Waals surface area contributed by atoms with E-state index in [4.69, 9.17) is 8.94 Å². The topological polar surface area (TPSA) is 87.0 Å². The molecule has 0 bridgehead atoms. The summed E-state index contributed by atoms with van der Waals surface area (Å²) >= 11 is 1.28. The van der Waals surface area contributed by atoms with Crippen molar-refractivity contribution in [3.63, 3.8) is 0 Å². The first kappa shape index (κ1) is 16.1. The van der Waals surface area contributed by atoms with Gasteiger partial charge in [0, 0.05) is 28.9 Å². The normalized spacial score (nSPS) is 14.2. The maximum atomic E-state index is 12.6. The quantitative estimate of drug-likeness (QED) is 0.491. The van der Waals surface area contributed by atoms with E-state index in [1.807, 2.05) is 37.5 Å². The van der Waals surface area contributed by atoms with Crippen LogP contribution in [0, 0.1) is 20.8 Å². The monoisotopic (exact) mass is 358 g/mol. The van der Waals surface area contributed by atoms with Gasteiger partial charge < -0.3 is 8.94 Å². The van der Waals surface area contributed by atoms with Gasteiger partial charge in [0.1, 0.15) is 5.76 Å². The molecule has 0 amide bonds. The number of hydrogen-bond donors (Lipinski definition) is 0. The van der Waals surface area contributed by atoms with Crippen LogP contribution >= 0.6 is 11.8 Å². The van der Waals surface area contributed by atoms with Crippen LogP contribution in [0.3, 0.4) is 0 Å². The largest absolute Gasteiger partial charge is 0.416 e. The van der Waals surface area contributed by atoms with Crippen molar-refractivity contribution in [3.05, 3.63) is 40.7 Å². The van der Waals surface area contributed by atoms with E-state index < -0.39 is 0 Å². The molecule has 3 heterocycles. The molecule has 0 N–H and O–H groups in total. The minimum atomic E-state index is 0.0238. The Morgan fingerprint density at radius 2 is 2.08 bits per heavy atom. The maximum absolute atomic E-state index is 12.6. The first-order chi connectivity index (χ1) is 12.0. The number of aryl methyl sites for hydroxylation is 2. The number of carbonyl (C=O) groups is 1. The highest BCUT2D eigenvalue weighted by molar-refractivity contribution is 7.99. The highest BCUT2D eigenvalue weighted by atomic mass is 32.2. The first-order valence-corrected chi connectivity index (χ1v) is 9.13. The predicted octanol–water partition coefficient (Wildman–Crippen LogP) is 3.63. The Bertz CT molecular complexity index is 936. The van der Waals surface area contributed by atoms with Crippen LogP contribution in [0.15, 0.2) is 26.3 Å². The summed E-state index contributed by atoms with van der Waals surface area (Å²) in [5.74, 6) is 2.81. The second-order valence-electron chi connectivity index (χ2n) is 6.31. The summed E-state index contributed by atoms with van der Waals surface area (Å²) in [6, 6.07) is 3.73. The molecular formula is C17H18N4O3S. The Balaban J connectivity index is 1.49. The van der Waals surface area contributed by atoms with E-state index in [-0.39, 0.29) is 11.5 Å². The summed E-state index contributed by atoms with van der Waals surface area (Å²) < 4.78 is 12.7. The molecule has 0 spiro atoms. The van der Waals surface area contributed by atoms with E-state index in [0.717, 1.165) is 30.0 Å². The summed E-state index contributed by atoms with van der Waals surface area (Å²) in [4.78, 5) is 12.6. The zero-order chi connectivity index (χ0) is 17.6. The van der Waals surface area contributed by atoms with Crippen molar-refractivity contribution in [2.45, 2.75) is 44.8 Å². The van der Waals surface area contributed by atoms with Gasteiger partial charge in [-0.05, 0) is 39.7 Å². The van der Waals surface area contributed by atoms with Crippen LogP contribution in [-0.2, 0) is 0 Å². The van der Waals surface area contributed by atoms with Crippen molar-refractivity contribution in [3.8, 4) is 5.82 Å². The van der Waals surface area contributed by atoms with E-state index >= 15 is 0 Å². The molecule has 8 heteroatoms. The zero-order valence-electron chi connectivity index (χ0n) is 14.3. The van der Waals surface area contributed by atoms with Gasteiger partial charge in [0.05, 0.1) is 5.75 Å². The van der Waals surface area contributed by atoms with E-state index in [2.05, 4.69) is 15.4 Å². The second-order valence-corrected chi connectivity index (χ2v) is 7.23. The number of aromatic nitrogens is 4. The van der Waals surface area contributed by atoms with Crippen molar-refractivity contribution in [1.29, 1.82) is 0 Å². The molecule has 3 aromatic heterocycles. The summed E-state index contributed by atoms with van der Waals surface area (Å²) in [7, 11) is 0. The van der Waals surface area contributed by atoms with E-state index in [0.29, 0.717) is 28.4 Å². The van der Waals surface area contributed by atoms with Crippen molar-refractivity contribution >= 4 is 17.5 Å². The fourth-order valence-corrected chi connectivity index (χ4v) is 3.49. The first-order valence-electron chi connectivity index (χ1n) is 8.15. The Labute approximate surface area is 148 Å². The van der Waals surface area contributed by atoms with Crippen LogP contribution in [0.5, 0.6) is 0 Å². The third kappa shape index (κ3) is 3.13. The lowest BCUT2D eigenvalue weighted by atomic mass is 10.2. The smallest absolute Gasteiger partial charge is 0.277 e. The van der Waals surface area contributed by atoms with Crippen molar-refractivity contribution in [2.75, 3.05) is 5.75 Å². The molecule has 1 fully saturated rings. The molecule has 0 unspecified atom stereocenters. The van der Waals surface area contributed by atoms with Gasteiger partial charge in [0.2, 0.25) is 5.89 Å². The van der Waals surface area contributed by atoms with Crippen LogP contribution in [-0.4, -0.2) is 31.5 Å². The van der Waals surface area contributed by atoms with Gasteiger partial charge in [-0.15, -0.1) is 10.2 Å². The standard InChI is InChI=1S/C17H18N4O3S/c1-9-6-13(11(3)21(9)15-7-10(2)24-20-15)14(22)8-25-17-19-18-16(23-17)12-4-5-12/h6-7,12H,4-5,8H2,1-3H3. The molecule has 3 aromatic rings. The van der Waals surface area contributed by atoms with Gasteiger partial charge in [-0.25, -0.2) is 0 Å². The third-order valence-corrected chi connectivity index (χ3v) is 5.07. The van der Waals surface area contributed by atoms with E-state index in [1.54, 1.807) is 0 Å². The fourth-order valence-electron chi connectivity index (χ4n) is 2.84. The molecule has 1 aliphatic carbocycles. The van der Waals surface area contributed by atoms with Gasteiger partial charge in [-0.1, -0.05) is 16.9 Å². The molecule has 1 aliphatic rings. The maximum Gasteiger partial charge on any atom is 0.277 e. The minimum absolute atomic E-state index is 0.0238. The van der Waals surface area contributed by atoms with Gasteiger partial charge >= 0.3 is 0 Å². The van der Waals surface area contributed by atoms with Crippen molar-refractivity contribution in [1.82, 2.24) is 19.9 Å². The van der Waals surface area contributed by atoms with Crippen LogP contribution in [0.4, 0.5) is 0 Å². The molecule has 1 saturated carbocycles. The molecule has 130 valence electrons. The lowest BCUT2D eigenvalue weighted by Gasteiger charge is -2.04. The summed E-state index contributed by atoms with van der Waals surface area (Å²) in [5, 5.41) is 12.5. The summed E-state index contributed by atoms with van der Waals surface area (Å²) in [5.41, 5.74) is 2.46. The molecule has 0 aromatic carbocycles. The molecule has 0 saturated heterocycles. The van der Waals surface area contributed by atoms with Gasteiger partial charge in [0.15, 0.2) is 11.6 Å². The third-order valence-electron chi connectivity index (χ3n) is 4.25. The van der Waals surface area contributed by atoms with E-state index in [9.17, 15) is 4.79 Å². The molecule has 25 heavy (non-hydrogen) atoms. The van der Waals surface area contributed by atoms with Gasteiger partial charge in [0.25, 0.3) is 5.22 Å². The predicted molar refractivity (Wildman–Crippen MR) is 91.4 cm³/mol. The van der Waals surface area contributed by atoms with Gasteiger partial charge in [-0.3, -0.25) is 9.36 Å². The highest BCUT2D eigenvalue weighted by Gasteiger charge is 2.29. The van der Waals surface area contributed by atoms with Crippen LogP contribution < -0.4 is 0 Å². The molecule has 7 nitrogen and oxygen atoms in total. The number of carbonyl (C=O) groups excluding carboxylic acids is 1. The molecule has 4 rings (SSSR count). The Hall–Kier alpha value is -2.35. The highest BCUT2D eigenvalue weighted by Crippen LogP contribution is 2.39. The van der Waals surface area contributed by atoms with Crippen molar-refractivity contribution in [2.24, 2.45) is 0 Å². The van der Waals surface area contributed by atoms with Gasteiger partial charge in [-0.2, -0.15) is 0 Å². The van der Waals surface area contributed by atoms with Crippen LogP contribution in [0.25, 0.3) is 5.82 Å².